The predicted octanol–water partition coefficient (Wildman–Crippen LogP) is 3.15. The van der Waals surface area contributed by atoms with Crippen molar-refractivity contribution in [3.63, 3.8) is 0 Å². The van der Waals surface area contributed by atoms with Gasteiger partial charge in [-0.3, -0.25) is 4.79 Å². The molecule has 0 amide bonds. The number of carbonyl (C=O) groups excluding carboxylic acids is 1. The summed E-state index contributed by atoms with van der Waals surface area (Å²) >= 11 is 0. The van der Waals surface area contributed by atoms with E-state index in [2.05, 4.69) is 20.8 Å². The third-order valence-corrected chi connectivity index (χ3v) is 1.93. The van der Waals surface area contributed by atoms with E-state index in [0.29, 0.717) is 12.3 Å². The van der Waals surface area contributed by atoms with Gasteiger partial charge in [0.05, 0.1) is 0 Å². The molecular formula is C11H22O2. The molecule has 0 N–H and O–H groups in total. The molecular weight excluding hydrogens is 164 g/mol. The van der Waals surface area contributed by atoms with E-state index in [9.17, 15) is 4.79 Å². The van der Waals surface area contributed by atoms with Crippen LogP contribution in [0.3, 0.4) is 0 Å². The molecule has 0 rings (SSSR count). The van der Waals surface area contributed by atoms with Gasteiger partial charge >= 0.3 is 5.97 Å². The van der Waals surface area contributed by atoms with E-state index in [-0.39, 0.29) is 12.1 Å². The molecule has 0 spiro atoms. The SMILES string of the molecule is CCCC(CC(C)C)OC(=O)CC. The molecule has 78 valence electrons. The second-order valence-corrected chi connectivity index (χ2v) is 3.88. The van der Waals surface area contributed by atoms with Crippen LogP contribution >= 0.6 is 0 Å². The number of ether oxygens (including phenoxy) is 1. The highest BCUT2D eigenvalue weighted by Crippen LogP contribution is 2.13. The lowest BCUT2D eigenvalue weighted by atomic mass is 10.0. The fourth-order valence-corrected chi connectivity index (χ4v) is 1.34. The average molecular weight is 186 g/mol. The first-order valence-corrected chi connectivity index (χ1v) is 5.29. The Balaban J connectivity index is 3.86. The van der Waals surface area contributed by atoms with Gasteiger partial charge in [-0.25, -0.2) is 0 Å². The summed E-state index contributed by atoms with van der Waals surface area (Å²) in [5, 5.41) is 0. The van der Waals surface area contributed by atoms with E-state index in [1.54, 1.807) is 0 Å². The molecule has 0 aliphatic rings. The van der Waals surface area contributed by atoms with Crippen LogP contribution in [-0.2, 0) is 9.53 Å². The minimum Gasteiger partial charge on any atom is -0.462 e. The maximum atomic E-state index is 11.1. The van der Waals surface area contributed by atoms with Crippen LogP contribution in [0.25, 0.3) is 0 Å². The summed E-state index contributed by atoms with van der Waals surface area (Å²) in [6.07, 6.45) is 3.67. The third-order valence-electron chi connectivity index (χ3n) is 1.93. The van der Waals surface area contributed by atoms with Crippen molar-refractivity contribution < 1.29 is 9.53 Å². The topological polar surface area (TPSA) is 26.3 Å². The van der Waals surface area contributed by atoms with Crippen LogP contribution in [0.15, 0.2) is 0 Å². The van der Waals surface area contributed by atoms with Gasteiger partial charge in [-0.15, -0.1) is 0 Å². The zero-order valence-electron chi connectivity index (χ0n) is 9.30. The molecule has 0 aromatic rings. The minimum atomic E-state index is -0.0703. The monoisotopic (exact) mass is 186 g/mol. The second kappa shape index (κ2) is 6.93. The molecule has 0 saturated heterocycles. The maximum Gasteiger partial charge on any atom is 0.305 e. The van der Waals surface area contributed by atoms with E-state index < -0.39 is 0 Å². The lowest BCUT2D eigenvalue weighted by Gasteiger charge is -2.18. The molecule has 2 heteroatoms. The molecule has 0 aliphatic carbocycles. The van der Waals surface area contributed by atoms with Crippen molar-refractivity contribution in [3.05, 3.63) is 0 Å². The van der Waals surface area contributed by atoms with Crippen LogP contribution in [0.2, 0.25) is 0 Å². The Hall–Kier alpha value is -0.530. The van der Waals surface area contributed by atoms with Crippen LogP contribution in [0.1, 0.15) is 53.4 Å². The Kier molecular flexibility index (Phi) is 6.65. The Bertz CT molecular complexity index is 141. The summed E-state index contributed by atoms with van der Waals surface area (Å²) < 4.78 is 5.31. The van der Waals surface area contributed by atoms with E-state index in [1.165, 1.54) is 0 Å². The number of hydrogen-bond donors (Lipinski definition) is 0. The summed E-state index contributed by atoms with van der Waals surface area (Å²) in [6.45, 7) is 8.26. The molecule has 1 unspecified atom stereocenters. The third kappa shape index (κ3) is 6.62. The quantitative estimate of drug-likeness (QED) is 0.596. The number of rotatable bonds is 6. The predicted molar refractivity (Wildman–Crippen MR) is 54.5 cm³/mol. The van der Waals surface area contributed by atoms with Gasteiger partial charge in [-0.05, 0) is 18.8 Å². The lowest BCUT2D eigenvalue weighted by Crippen LogP contribution is -2.19. The number of hydrogen-bond acceptors (Lipinski definition) is 2. The second-order valence-electron chi connectivity index (χ2n) is 3.88. The molecule has 0 aliphatic heterocycles. The van der Waals surface area contributed by atoms with E-state index in [0.717, 1.165) is 19.3 Å². The van der Waals surface area contributed by atoms with Crippen molar-refractivity contribution in [2.75, 3.05) is 0 Å². The van der Waals surface area contributed by atoms with Gasteiger partial charge in [-0.2, -0.15) is 0 Å². The first-order valence-electron chi connectivity index (χ1n) is 5.29. The highest BCUT2D eigenvalue weighted by atomic mass is 16.5. The van der Waals surface area contributed by atoms with Crippen LogP contribution in [0, 0.1) is 5.92 Å². The van der Waals surface area contributed by atoms with Crippen LogP contribution in [-0.4, -0.2) is 12.1 Å². The van der Waals surface area contributed by atoms with E-state index >= 15 is 0 Å². The number of esters is 1. The zero-order chi connectivity index (χ0) is 10.3. The molecule has 0 aromatic carbocycles. The van der Waals surface area contributed by atoms with Crippen molar-refractivity contribution >= 4 is 5.97 Å². The summed E-state index contributed by atoms with van der Waals surface area (Å²) in [5.41, 5.74) is 0. The van der Waals surface area contributed by atoms with Gasteiger partial charge in [0.25, 0.3) is 0 Å². The Morgan fingerprint density at radius 1 is 1.31 bits per heavy atom. The Labute approximate surface area is 81.7 Å². The molecule has 0 radical (unpaired) electrons. The first-order chi connectivity index (χ1) is 6.10. The van der Waals surface area contributed by atoms with Crippen molar-refractivity contribution in [1.29, 1.82) is 0 Å². The van der Waals surface area contributed by atoms with Gasteiger partial charge in [0.1, 0.15) is 6.10 Å². The summed E-state index contributed by atoms with van der Waals surface area (Å²) in [7, 11) is 0. The summed E-state index contributed by atoms with van der Waals surface area (Å²) in [4.78, 5) is 11.1. The largest absolute Gasteiger partial charge is 0.462 e. The fraction of sp³-hybridized carbons (Fsp3) is 0.909. The van der Waals surface area contributed by atoms with Crippen molar-refractivity contribution in [1.82, 2.24) is 0 Å². The molecule has 0 bridgehead atoms. The normalized spacial score (nSPS) is 13.0. The molecule has 0 saturated carbocycles. The standard InChI is InChI=1S/C11H22O2/c1-5-7-10(8-9(3)4)13-11(12)6-2/h9-10H,5-8H2,1-4H3. The minimum absolute atomic E-state index is 0.0703. The van der Waals surface area contributed by atoms with Crippen molar-refractivity contribution in [2.45, 2.75) is 59.5 Å². The molecule has 0 heterocycles. The van der Waals surface area contributed by atoms with Crippen molar-refractivity contribution in [3.8, 4) is 0 Å². The van der Waals surface area contributed by atoms with E-state index in [4.69, 9.17) is 4.74 Å². The first kappa shape index (κ1) is 12.5. The Morgan fingerprint density at radius 3 is 2.31 bits per heavy atom. The molecule has 0 fully saturated rings. The van der Waals surface area contributed by atoms with Crippen LogP contribution in [0.4, 0.5) is 0 Å². The average Bonchev–Trinajstić information content (AvgIpc) is 2.03. The Morgan fingerprint density at radius 2 is 1.92 bits per heavy atom. The van der Waals surface area contributed by atoms with Gasteiger partial charge in [-0.1, -0.05) is 34.1 Å². The van der Waals surface area contributed by atoms with E-state index in [1.807, 2.05) is 6.92 Å². The highest BCUT2D eigenvalue weighted by molar-refractivity contribution is 5.69. The smallest absolute Gasteiger partial charge is 0.305 e. The molecule has 2 nitrogen and oxygen atoms in total. The molecule has 1 atom stereocenters. The lowest BCUT2D eigenvalue weighted by molar-refractivity contribution is -0.149. The van der Waals surface area contributed by atoms with Gasteiger partial charge in [0.15, 0.2) is 0 Å². The highest BCUT2D eigenvalue weighted by Gasteiger charge is 2.13. The fourth-order valence-electron chi connectivity index (χ4n) is 1.34. The number of carbonyl (C=O) groups is 1. The maximum absolute atomic E-state index is 11.1. The van der Waals surface area contributed by atoms with Crippen LogP contribution < -0.4 is 0 Å². The zero-order valence-corrected chi connectivity index (χ0v) is 9.30. The van der Waals surface area contributed by atoms with Crippen LogP contribution in [0.5, 0.6) is 0 Å². The van der Waals surface area contributed by atoms with Gasteiger partial charge in [0, 0.05) is 6.42 Å². The van der Waals surface area contributed by atoms with Crippen molar-refractivity contribution in [2.24, 2.45) is 5.92 Å². The molecule has 0 aromatic heterocycles. The van der Waals surface area contributed by atoms with Gasteiger partial charge in [0.2, 0.25) is 0 Å². The summed E-state index contributed by atoms with van der Waals surface area (Å²) in [5.74, 6) is 0.528. The summed E-state index contributed by atoms with van der Waals surface area (Å²) in [6, 6.07) is 0. The van der Waals surface area contributed by atoms with Gasteiger partial charge < -0.3 is 4.74 Å². The molecule has 13 heavy (non-hydrogen) atoms.